The minimum Gasteiger partial charge on any atom is -0.411 e. The first-order valence-corrected chi connectivity index (χ1v) is 8.41. The number of carbonyl (C=O) groups is 1. The molecule has 0 aliphatic heterocycles. The van der Waals surface area contributed by atoms with Crippen LogP contribution in [0.25, 0.3) is 11.5 Å². The molecule has 2 aromatic carbocycles. The van der Waals surface area contributed by atoms with Crippen molar-refractivity contribution in [1.82, 2.24) is 10.2 Å². The van der Waals surface area contributed by atoms with Gasteiger partial charge in [-0.3, -0.25) is 4.79 Å². The van der Waals surface area contributed by atoms with E-state index in [2.05, 4.69) is 26.1 Å². The molecule has 4 nitrogen and oxygen atoms in total. The lowest BCUT2D eigenvalue weighted by molar-refractivity contribution is 0.102. The zero-order valence-corrected chi connectivity index (χ0v) is 14.1. The topological polar surface area (TPSA) is 56.0 Å². The molecule has 0 N–H and O–H groups in total. The van der Waals surface area contributed by atoms with Crippen molar-refractivity contribution in [1.29, 1.82) is 0 Å². The lowest BCUT2D eigenvalue weighted by Gasteiger charge is -1.99. The number of nitrogens with zero attached hydrogens (tertiary/aromatic N) is 2. The van der Waals surface area contributed by atoms with Crippen molar-refractivity contribution < 1.29 is 13.6 Å². The van der Waals surface area contributed by atoms with Crippen LogP contribution in [-0.2, 0) is 0 Å². The van der Waals surface area contributed by atoms with Crippen LogP contribution in [0.5, 0.6) is 0 Å². The molecule has 0 aliphatic rings. The summed E-state index contributed by atoms with van der Waals surface area (Å²) in [6.45, 7) is 0. The first kappa shape index (κ1) is 15.9. The summed E-state index contributed by atoms with van der Waals surface area (Å²) in [5, 5.41) is 7.88. The van der Waals surface area contributed by atoms with Gasteiger partial charge in [-0.1, -0.05) is 52.0 Å². The molecule has 0 atom stereocenters. The summed E-state index contributed by atoms with van der Waals surface area (Å²) in [5.74, 6) is -0.214. The molecule has 0 unspecified atom stereocenters. The average molecular weight is 393 g/mol. The molecular weight excluding hydrogens is 383 g/mol. The summed E-state index contributed by atoms with van der Waals surface area (Å²) in [7, 11) is 0. The van der Waals surface area contributed by atoms with Crippen molar-refractivity contribution in [2.75, 3.05) is 5.75 Å². The predicted octanol–water partition coefficient (Wildman–Crippen LogP) is 4.61. The maximum absolute atomic E-state index is 13.7. The highest BCUT2D eigenvalue weighted by molar-refractivity contribution is 9.10. The minimum atomic E-state index is -0.432. The number of Topliss-reactive ketones (excluding diaryl/α,β-unsaturated/α-hetero) is 1. The standard InChI is InChI=1S/C16H10BrFN2O2S/c17-11-7-5-10(6-8-11)14(21)9-23-16-20-19-15(22-16)12-3-1-2-4-13(12)18/h1-8H,9H2. The summed E-state index contributed by atoms with van der Waals surface area (Å²) in [6.07, 6.45) is 0. The molecule has 116 valence electrons. The first-order chi connectivity index (χ1) is 11.1. The molecule has 0 saturated heterocycles. The van der Waals surface area contributed by atoms with Crippen LogP contribution in [0.4, 0.5) is 4.39 Å². The Morgan fingerprint density at radius 2 is 1.87 bits per heavy atom. The van der Waals surface area contributed by atoms with E-state index in [0.29, 0.717) is 5.56 Å². The summed E-state index contributed by atoms with van der Waals surface area (Å²) in [4.78, 5) is 12.1. The van der Waals surface area contributed by atoms with E-state index in [9.17, 15) is 9.18 Å². The van der Waals surface area contributed by atoms with E-state index in [1.807, 2.05) is 0 Å². The van der Waals surface area contributed by atoms with Crippen molar-refractivity contribution in [3.05, 3.63) is 64.4 Å². The van der Waals surface area contributed by atoms with E-state index in [1.54, 1.807) is 42.5 Å². The van der Waals surface area contributed by atoms with Crippen molar-refractivity contribution in [3.63, 3.8) is 0 Å². The third-order valence-electron chi connectivity index (χ3n) is 3.00. The van der Waals surface area contributed by atoms with Crippen LogP contribution in [0, 0.1) is 5.82 Å². The number of hydrogen-bond donors (Lipinski definition) is 0. The maximum atomic E-state index is 13.7. The van der Waals surface area contributed by atoms with Gasteiger partial charge in [0.15, 0.2) is 5.78 Å². The SMILES string of the molecule is O=C(CSc1nnc(-c2ccccc2F)o1)c1ccc(Br)cc1. The van der Waals surface area contributed by atoms with E-state index in [4.69, 9.17) is 4.42 Å². The Bertz CT molecular complexity index is 836. The van der Waals surface area contributed by atoms with Gasteiger partial charge in [-0.15, -0.1) is 10.2 Å². The zero-order valence-electron chi connectivity index (χ0n) is 11.7. The summed E-state index contributed by atoms with van der Waals surface area (Å²) in [6, 6.07) is 13.3. The molecule has 3 rings (SSSR count). The number of carbonyl (C=O) groups excluding carboxylic acids is 1. The monoisotopic (exact) mass is 392 g/mol. The lowest BCUT2D eigenvalue weighted by atomic mass is 10.2. The molecular formula is C16H10BrFN2O2S. The van der Waals surface area contributed by atoms with E-state index in [-0.39, 0.29) is 28.2 Å². The summed E-state index contributed by atoms with van der Waals surface area (Å²) >= 11 is 4.45. The van der Waals surface area contributed by atoms with Gasteiger partial charge in [0.1, 0.15) is 5.82 Å². The number of ketones is 1. The molecule has 1 heterocycles. The molecule has 0 bridgehead atoms. The number of hydrogen-bond acceptors (Lipinski definition) is 5. The molecule has 0 radical (unpaired) electrons. The highest BCUT2D eigenvalue weighted by atomic mass is 79.9. The van der Waals surface area contributed by atoms with Crippen molar-refractivity contribution in [2.24, 2.45) is 0 Å². The molecule has 7 heteroatoms. The largest absolute Gasteiger partial charge is 0.411 e. The fourth-order valence-electron chi connectivity index (χ4n) is 1.86. The van der Waals surface area contributed by atoms with Gasteiger partial charge in [0.05, 0.1) is 11.3 Å². The minimum absolute atomic E-state index is 0.0480. The number of halogens is 2. The highest BCUT2D eigenvalue weighted by Gasteiger charge is 2.14. The number of thioether (sulfide) groups is 1. The molecule has 0 saturated carbocycles. The Morgan fingerprint density at radius 3 is 2.61 bits per heavy atom. The quantitative estimate of drug-likeness (QED) is 0.468. The first-order valence-electron chi connectivity index (χ1n) is 6.63. The molecule has 23 heavy (non-hydrogen) atoms. The molecule has 0 fully saturated rings. The zero-order chi connectivity index (χ0) is 16.2. The van der Waals surface area contributed by atoms with Crippen LogP contribution in [0.3, 0.4) is 0 Å². The lowest BCUT2D eigenvalue weighted by Crippen LogP contribution is -2.01. The smallest absolute Gasteiger partial charge is 0.277 e. The van der Waals surface area contributed by atoms with Gasteiger partial charge in [0.2, 0.25) is 0 Å². The second-order valence-electron chi connectivity index (χ2n) is 4.57. The van der Waals surface area contributed by atoms with Crippen LogP contribution < -0.4 is 0 Å². The van der Waals surface area contributed by atoms with Crippen LogP contribution in [0.15, 0.2) is 62.6 Å². The van der Waals surface area contributed by atoms with Gasteiger partial charge in [0.25, 0.3) is 11.1 Å². The summed E-state index contributed by atoms with van der Waals surface area (Å²) < 4.78 is 20.0. The van der Waals surface area contributed by atoms with Gasteiger partial charge in [-0.2, -0.15) is 0 Å². The van der Waals surface area contributed by atoms with E-state index in [1.165, 1.54) is 6.07 Å². The maximum Gasteiger partial charge on any atom is 0.277 e. The second kappa shape index (κ2) is 7.06. The molecule has 1 aromatic heterocycles. The second-order valence-corrected chi connectivity index (χ2v) is 6.41. The molecule has 3 aromatic rings. The van der Waals surface area contributed by atoms with Gasteiger partial charge < -0.3 is 4.42 Å². The van der Waals surface area contributed by atoms with Crippen LogP contribution in [-0.4, -0.2) is 21.7 Å². The van der Waals surface area contributed by atoms with Gasteiger partial charge in [0, 0.05) is 10.0 Å². The van der Waals surface area contributed by atoms with Crippen molar-refractivity contribution >= 4 is 33.5 Å². The fourth-order valence-corrected chi connectivity index (χ4v) is 2.78. The number of aromatic nitrogens is 2. The molecule has 0 spiro atoms. The Kier molecular flexibility index (Phi) is 4.88. The normalized spacial score (nSPS) is 10.7. The van der Waals surface area contributed by atoms with Crippen LogP contribution in [0.1, 0.15) is 10.4 Å². The fraction of sp³-hybridized carbons (Fsp3) is 0.0625. The van der Waals surface area contributed by atoms with Gasteiger partial charge in [-0.25, -0.2) is 4.39 Å². The predicted molar refractivity (Wildman–Crippen MR) is 88.9 cm³/mol. The Labute approximate surface area is 144 Å². The van der Waals surface area contributed by atoms with Crippen molar-refractivity contribution in [3.8, 4) is 11.5 Å². The number of rotatable bonds is 5. The number of benzene rings is 2. The molecule has 0 aliphatic carbocycles. The third kappa shape index (κ3) is 3.86. The van der Waals surface area contributed by atoms with Crippen molar-refractivity contribution in [2.45, 2.75) is 5.22 Å². The third-order valence-corrected chi connectivity index (χ3v) is 4.35. The van der Waals surface area contributed by atoms with Gasteiger partial charge in [-0.05, 0) is 24.3 Å². The summed E-state index contributed by atoms with van der Waals surface area (Å²) in [5.41, 5.74) is 0.848. The highest BCUT2D eigenvalue weighted by Crippen LogP contribution is 2.25. The van der Waals surface area contributed by atoms with Crippen LogP contribution in [0.2, 0.25) is 0 Å². The van der Waals surface area contributed by atoms with Gasteiger partial charge >= 0.3 is 0 Å². The Hall–Kier alpha value is -1.99. The van der Waals surface area contributed by atoms with Crippen LogP contribution >= 0.6 is 27.7 Å². The average Bonchev–Trinajstić information content (AvgIpc) is 3.02. The van der Waals surface area contributed by atoms with E-state index >= 15 is 0 Å². The van der Waals surface area contributed by atoms with E-state index < -0.39 is 5.82 Å². The molecule has 0 amide bonds. The Balaban J connectivity index is 1.67. The Morgan fingerprint density at radius 1 is 1.13 bits per heavy atom. The van der Waals surface area contributed by atoms with E-state index in [0.717, 1.165) is 16.2 Å².